The molecule has 10 nitrogen and oxygen atoms in total. The fourth-order valence-electron chi connectivity index (χ4n) is 3.84. The molecule has 2 heterocycles. The average Bonchev–Trinajstić information content (AvgIpc) is 2.96. The van der Waals surface area contributed by atoms with Crippen molar-refractivity contribution in [2.24, 2.45) is 5.92 Å². The van der Waals surface area contributed by atoms with Gasteiger partial charge < -0.3 is 15.0 Å². The van der Waals surface area contributed by atoms with Crippen LogP contribution in [0.1, 0.15) is 25.3 Å². The van der Waals surface area contributed by atoms with Crippen molar-refractivity contribution >= 4 is 33.7 Å². The number of hydrogen-bond acceptors (Lipinski definition) is 7. The second kappa shape index (κ2) is 8.29. The van der Waals surface area contributed by atoms with Gasteiger partial charge in [0, 0.05) is 19.3 Å². The number of nitrogens with zero attached hydrogens (tertiary/aromatic N) is 2. The molecule has 4 amide bonds. The zero-order valence-corrected chi connectivity index (χ0v) is 18.4. The number of urea groups is 1. The van der Waals surface area contributed by atoms with E-state index in [1.165, 1.54) is 43.2 Å². The topological polar surface area (TPSA) is 130 Å². The summed E-state index contributed by atoms with van der Waals surface area (Å²) in [4.78, 5) is 52.2. The molecule has 2 aliphatic heterocycles. The lowest BCUT2D eigenvalue weighted by molar-refractivity contribution is -0.149. The van der Waals surface area contributed by atoms with Crippen LogP contribution in [0.15, 0.2) is 29.2 Å². The molecule has 2 aliphatic rings. The van der Waals surface area contributed by atoms with Crippen molar-refractivity contribution in [2.45, 2.75) is 30.2 Å². The summed E-state index contributed by atoms with van der Waals surface area (Å²) < 4.78 is 28.0. The van der Waals surface area contributed by atoms with Crippen molar-refractivity contribution in [2.75, 3.05) is 33.0 Å². The van der Waals surface area contributed by atoms with Crippen molar-refractivity contribution in [1.29, 1.82) is 0 Å². The first-order chi connectivity index (χ1) is 14.5. The highest BCUT2D eigenvalue weighted by atomic mass is 32.2. The van der Waals surface area contributed by atoms with Gasteiger partial charge in [-0.15, -0.1) is 0 Å². The van der Waals surface area contributed by atoms with Crippen LogP contribution in [0.2, 0.25) is 0 Å². The third-order valence-corrected chi connectivity index (χ3v) is 6.94. The molecule has 168 valence electrons. The number of nitrogens with one attached hydrogen (secondary N) is 1. The highest BCUT2D eigenvalue weighted by Gasteiger charge is 2.49. The van der Waals surface area contributed by atoms with Gasteiger partial charge in [-0.3, -0.25) is 19.3 Å². The van der Waals surface area contributed by atoms with E-state index in [0.29, 0.717) is 31.5 Å². The number of hydrogen-bond donors (Lipinski definition) is 1. The van der Waals surface area contributed by atoms with Crippen LogP contribution >= 0.6 is 0 Å². The summed E-state index contributed by atoms with van der Waals surface area (Å²) in [6.07, 6.45) is 2.00. The van der Waals surface area contributed by atoms with Gasteiger partial charge in [0.15, 0.2) is 9.84 Å². The fraction of sp³-hybridized carbons (Fsp3) is 0.500. The largest absolute Gasteiger partial charge is 0.469 e. The van der Waals surface area contributed by atoms with E-state index in [4.69, 9.17) is 4.74 Å². The SMILES string of the molecule is COC(=O)C1CCN(C(=O)CN2C(=O)N[C@](C)(c3ccc(S(C)(=O)=O)cc3)C2=O)CC1. The van der Waals surface area contributed by atoms with E-state index in [-0.39, 0.29) is 22.7 Å². The summed E-state index contributed by atoms with van der Waals surface area (Å²) >= 11 is 0. The molecule has 0 spiro atoms. The molecule has 1 N–H and O–H groups in total. The molecule has 1 atom stereocenters. The van der Waals surface area contributed by atoms with Gasteiger partial charge in [0.25, 0.3) is 5.91 Å². The lowest BCUT2D eigenvalue weighted by Crippen LogP contribution is -2.47. The van der Waals surface area contributed by atoms with Gasteiger partial charge >= 0.3 is 12.0 Å². The molecule has 2 saturated heterocycles. The lowest BCUT2D eigenvalue weighted by atomic mass is 9.92. The van der Waals surface area contributed by atoms with Crippen molar-refractivity contribution in [3.8, 4) is 0 Å². The van der Waals surface area contributed by atoms with E-state index < -0.39 is 33.9 Å². The minimum atomic E-state index is -3.40. The number of imide groups is 1. The van der Waals surface area contributed by atoms with Gasteiger partial charge in [-0.1, -0.05) is 12.1 Å². The number of benzene rings is 1. The zero-order chi connectivity index (χ0) is 23.0. The number of carbonyl (C=O) groups is 4. The van der Waals surface area contributed by atoms with Crippen LogP contribution in [0.25, 0.3) is 0 Å². The van der Waals surface area contributed by atoms with Gasteiger partial charge in [0.1, 0.15) is 12.1 Å². The Morgan fingerprint density at radius 3 is 2.26 bits per heavy atom. The Morgan fingerprint density at radius 1 is 1.16 bits per heavy atom. The maximum Gasteiger partial charge on any atom is 0.325 e. The molecule has 0 saturated carbocycles. The minimum Gasteiger partial charge on any atom is -0.469 e. The monoisotopic (exact) mass is 451 g/mol. The predicted octanol–water partition coefficient (Wildman–Crippen LogP) is 0.269. The number of esters is 1. The maximum atomic E-state index is 13.0. The number of methoxy groups -OCH3 is 1. The predicted molar refractivity (Wildman–Crippen MR) is 108 cm³/mol. The molecule has 0 unspecified atom stereocenters. The Labute approximate surface area is 180 Å². The van der Waals surface area contributed by atoms with E-state index in [2.05, 4.69) is 5.32 Å². The number of likely N-dealkylation sites (tertiary alicyclic amines) is 1. The summed E-state index contributed by atoms with van der Waals surface area (Å²) in [7, 11) is -2.08. The maximum absolute atomic E-state index is 13.0. The van der Waals surface area contributed by atoms with E-state index in [1.807, 2.05) is 0 Å². The smallest absolute Gasteiger partial charge is 0.325 e. The molecule has 1 aromatic carbocycles. The van der Waals surface area contributed by atoms with Crippen LogP contribution in [-0.2, 0) is 34.5 Å². The molecule has 3 rings (SSSR count). The summed E-state index contributed by atoms with van der Waals surface area (Å²) in [5.74, 6) is -1.55. The van der Waals surface area contributed by atoms with E-state index in [9.17, 15) is 27.6 Å². The average molecular weight is 452 g/mol. The third kappa shape index (κ3) is 4.41. The Balaban J connectivity index is 1.69. The molecule has 11 heteroatoms. The quantitative estimate of drug-likeness (QED) is 0.502. The second-order valence-electron chi connectivity index (χ2n) is 7.92. The standard InChI is InChI=1S/C20H25N3O7S/c1-20(14-4-6-15(7-5-14)31(3,28)29)18(26)23(19(27)21-20)12-16(24)22-10-8-13(9-11-22)17(25)30-2/h4-7,13H,8-12H2,1-3H3,(H,21,27)/t20-/m1/s1. The van der Waals surface area contributed by atoms with Gasteiger partial charge in [-0.2, -0.15) is 0 Å². The number of amides is 4. The first kappa shape index (κ1) is 22.7. The summed E-state index contributed by atoms with van der Waals surface area (Å²) in [5.41, 5.74) is -1.00. The molecular weight excluding hydrogens is 426 g/mol. The molecule has 0 radical (unpaired) electrons. The molecule has 0 bridgehead atoms. The van der Waals surface area contributed by atoms with Gasteiger partial charge in [0.2, 0.25) is 5.91 Å². The minimum absolute atomic E-state index is 0.0963. The molecule has 0 aromatic heterocycles. The van der Waals surface area contributed by atoms with E-state index in [0.717, 1.165) is 11.2 Å². The normalized spacial score (nSPS) is 22.4. The Kier molecular flexibility index (Phi) is 6.08. The molecule has 2 fully saturated rings. The highest BCUT2D eigenvalue weighted by molar-refractivity contribution is 7.90. The summed E-state index contributed by atoms with van der Waals surface area (Å²) in [5, 5.41) is 2.60. The van der Waals surface area contributed by atoms with Crippen LogP contribution in [-0.4, -0.2) is 75.0 Å². The molecule has 1 aromatic rings. The highest BCUT2D eigenvalue weighted by Crippen LogP contribution is 2.30. The summed E-state index contributed by atoms with van der Waals surface area (Å²) in [6.45, 7) is 1.78. The van der Waals surface area contributed by atoms with Crippen LogP contribution in [0.3, 0.4) is 0 Å². The molecular formula is C20H25N3O7S. The van der Waals surface area contributed by atoms with Crippen LogP contribution in [0.4, 0.5) is 4.79 Å². The van der Waals surface area contributed by atoms with E-state index in [1.54, 1.807) is 0 Å². The van der Waals surface area contributed by atoms with Crippen molar-refractivity contribution in [3.63, 3.8) is 0 Å². The first-order valence-electron chi connectivity index (χ1n) is 9.77. The van der Waals surface area contributed by atoms with Gasteiger partial charge in [-0.25, -0.2) is 13.2 Å². The first-order valence-corrected chi connectivity index (χ1v) is 11.7. The van der Waals surface area contributed by atoms with Crippen LogP contribution in [0.5, 0.6) is 0 Å². The van der Waals surface area contributed by atoms with E-state index >= 15 is 0 Å². The number of ether oxygens (including phenoxy) is 1. The lowest BCUT2D eigenvalue weighted by Gasteiger charge is -2.31. The molecule has 31 heavy (non-hydrogen) atoms. The number of sulfone groups is 1. The number of carbonyl (C=O) groups excluding carboxylic acids is 4. The van der Waals surface area contributed by atoms with Crippen molar-refractivity contribution in [3.05, 3.63) is 29.8 Å². The molecule has 0 aliphatic carbocycles. The number of piperidine rings is 1. The van der Waals surface area contributed by atoms with Crippen molar-refractivity contribution in [1.82, 2.24) is 15.1 Å². The van der Waals surface area contributed by atoms with Gasteiger partial charge in [-0.05, 0) is 37.5 Å². The van der Waals surface area contributed by atoms with Crippen LogP contribution < -0.4 is 5.32 Å². The number of rotatable bonds is 5. The third-order valence-electron chi connectivity index (χ3n) is 5.81. The Morgan fingerprint density at radius 2 is 1.74 bits per heavy atom. The Bertz CT molecular complexity index is 1010. The Hall–Kier alpha value is -2.95. The fourth-order valence-corrected chi connectivity index (χ4v) is 4.47. The second-order valence-corrected chi connectivity index (χ2v) is 9.94. The van der Waals surface area contributed by atoms with Gasteiger partial charge in [0.05, 0.1) is 17.9 Å². The van der Waals surface area contributed by atoms with Crippen LogP contribution in [0, 0.1) is 5.92 Å². The van der Waals surface area contributed by atoms with Crippen molar-refractivity contribution < 1.29 is 32.3 Å². The zero-order valence-electron chi connectivity index (χ0n) is 17.6. The summed E-state index contributed by atoms with van der Waals surface area (Å²) in [6, 6.07) is 4.98.